The van der Waals surface area contributed by atoms with Gasteiger partial charge in [0, 0.05) is 17.5 Å². The molecular weight excluding hydrogens is 278 g/mol. The highest BCUT2D eigenvalue weighted by atomic mass is 32.2. The Hall–Kier alpha value is -0.510. The SMILES string of the molecule is CSc1ccc(C(C)NCC2(O)CCC(C)(C)CC2)cc1. The molecule has 2 N–H and O–H groups in total. The molecular formula is C18H29NOS. The van der Waals surface area contributed by atoms with Crippen molar-refractivity contribution in [1.29, 1.82) is 0 Å². The Labute approximate surface area is 133 Å². The number of rotatable bonds is 5. The Morgan fingerprint density at radius 3 is 2.24 bits per heavy atom. The van der Waals surface area contributed by atoms with Gasteiger partial charge in [-0.15, -0.1) is 11.8 Å². The van der Waals surface area contributed by atoms with Gasteiger partial charge in [-0.05, 0) is 62.0 Å². The van der Waals surface area contributed by atoms with Gasteiger partial charge in [0.2, 0.25) is 0 Å². The van der Waals surface area contributed by atoms with Gasteiger partial charge in [0.05, 0.1) is 5.60 Å². The van der Waals surface area contributed by atoms with E-state index < -0.39 is 5.60 Å². The Kier molecular flexibility index (Phi) is 5.39. The topological polar surface area (TPSA) is 32.3 Å². The van der Waals surface area contributed by atoms with Crippen LogP contribution in [-0.4, -0.2) is 23.5 Å². The summed E-state index contributed by atoms with van der Waals surface area (Å²) in [5, 5.41) is 14.2. The largest absolute Gasteiger partial charge is 0.389 e. The Bertz CT molecular complexity index is 445. The minimum absolute atomic E-state index is 0.278. The standard InChI is InChI=1S/C18H29NOS/c1-14(15-5-7-16(21-4)8-6-15)19-13-18(20)11-9-17(2,3)10-12-18/h5-8,14,19-20H,9-13H2,1-4H3. The molecule has 1 saturated carbocycles. The van der Waals surface area contributed by atoms with E-state index in [1.54, 1.807) is 11.8 Å². The maximum absolute atomic E-state index is 10.7. The lowest BCUT2D eigenvalue weighted by molar-refractivity contribution is -0.0258. The van der Waals surface area contributed by atoms with Crippen LogP contribution < -0.4 is 5.32 Å². The van der Waals surface area contributed by atoms with Crippen LogP contribution in [0.4, 0.5) is 0 Å². The second-order valence-electron chi connectivity index (χ2n) is 7.26. The van der Waals surface area contributed by atoms with E-state index in [2.05, 4.69) is 56.6 Å². The minimum Gasteiger partial charge on any atom is -0.389 e. The molecule has 2 rings (SSSR count). The molecule has 0 aliphatic heterocycles. The average molecular weight is 308 g/mol. The third-order valence-corrected chi connectivity index (χ3v) is 5.63. The molecule has 1 aromatic rings. The first-order chi connectivity index (χ1) is 9.84. The number of aliphatic hydroxyl groups is 1. The molecule has 0 bridgehead atoms. The van der Waals surface area contributed by atoms with Crippen molar-refractivity contribution in [3.8, 4) is 0 Å². The van der Waals surface area contributed by atoms with Crippen molar-refractivity contribution in [2.75, 3.05) is 12.8 Å². The van der Waals surface area contributed by atoms with Crippen LogP contribution in [0.3, 0.4) is 0 Å². The van der Waals surface area contributed by atoms with E-state index in [0.29, 0.717) is 12.0 Å². The van der Waals surface area contributed by atoms with Crippen molar-refractivity contribution >= 4 is 11.8 Å². The van der Waals surface area contributed by atoms with E-state index in [-0.39, 0.29) is 6.04 Å². The van der Waals surface area contributed by atoms with Crippen molar-refractivity contribution in [2.24, 2.45) is 5.41 Å². The number of nitrogens with one attached hydrogen (secondary N) is 1. The summed E-state index contributed by atoms with van der Waals surface area (Å²) in [7, 11) is 0. The van der Waals surface area contributed by atoms with E-state index in [1.807, 2.05) is 0 Å². The lowest BCUT2D eigenvalue weighted by Gasteiger charge is -2.40. The van der Waals surface area contributed by atoms with Gasteiger partial charge >= 0.3 is 0 Å². The number of benzene rings is 1. The van der Waals surface area contributed by atoms with Crippen LogP contribution in [0.1, 0.15) is 58.1 Å². The molecule has 1 aliphatic rings. The molecule has 1 aromatic carbocycles. The maximum atomic E-state index is 10.7. The smallest absolute Gasteiger partial charge is 0.0772 e. The molecule has 3 heteroatoms. The van der Waals surface area contributed by atoms with Gasteiger partial charge in [-0.25, -0.2) is 0 Å². The molecule has 0 heterocycles. The van der Waals surface area contributed by atoms with Crippen molar-refractivity contribution < 1.29 is 5.11 Å². The first-order valence-corrected chi connectivity index (χ1v) is 9.16. The third kappa shape index (κ3) is 4.73. The first kappa shape index (κ1) is 16.9. The molecule has 0 amide bonds. The highest BCUT2D eigenvalue weighted by molar-refractivity contribution is 7.98. The summed E-state index contributed by atoms with van der Waals surface area (Å²) < 4.78 is 0. The fourth-order valence-corrected chi connectivity index (χ4v) is 3.33. The van der Waals surface area contributed by atoms with E-state index in [9.17, 15) is 5.11 Å². The molecule has 0 spiro atoms. The Morgan fingerprint density at radius 1 is 1.14 bits per heavy atom. The van der Waals surface area contributed by atoms with Gasteiger partial charge in [0.25, 0.3) is 0 Å². The summed E-state index contributed by atoms with van der Waals surface area (Å²) in [5.74, 6) is 0. The summed E-state index contributed by atoms with van der Waals surface area (Å²) in [6.07, 6.45) is 6.14. The van der Waals surface area contributed by atoms with Crippen LogP contribution in [0, 0.1) is 5.41 Å². The molecule has 0 radical (unpaired) electrons. The lowest BCUT2D eigenvalue weighted by Crippen LogP contribution is -2.45. The molecule has 0 saturated heterocycles. The number of thioether (sulfide) groups is 1. The molecule has 2 nitrogen and oxygen atoms in total. The molecule has 0 aromatic heterocycles. The summed E-state index contributed by atoms with van der Waals surface area (Å²) in [6.45, 7) is 7.46. The van der Waals surface area contributed by atoms with Crippen LogP contribution in [0.2, 0.25) is 0 Å². The molecule has 1 aliphatic carbocycles. The summed E-state index contributed by atoms with van der Waals surface area (Å²) in [4.78, 5) is 1.29. The quantitative estimate of drug-likeness (QED) is 0.791. The molecule has 1 unspecified atom stereocenters. The fourth-order valence-electron chi connectivity index (χ4n) is 2.92. The first-order valence-electron chi connectivity index (χ1n) is 7.93. The molecule has 1 fully saturated rings. The van der Waals surface area contributed by atoms with Crippen molar-refractivity contribution in [3.05, 3.63) is 29.8 Å². The summed E-state index contributed by atoms with van der Waals surface area (Å²) in [6, 6.07) is 8.96. The van der Waals surface area contributed by atoms with E-state index in [1.165, 1.54) is 10.5 Å². The highest BCUT2D eigenvalue weighted by Gasteiger charge is 2.36. The molecule has 118 valence electrons. The second kappa shape index (κ2) is 6.72. The third-order valence-electron chi connectivity index (χ3n) is 4.89. The highest BCUT2D eigenvalue weighted by Crippen LogP contribution is 2.40. The van der Waals surface area contributed by atoms with Crippen LogP contribution >= 0.6 is 11.8 Å². The average Bonchev–Trinajstić information content (AvgIpc) is 2.49. The van der Waals surface area contributed by atoms with Gasteiger partial charge in [0.15, 0.2) is 0 Å². The monoisotopic (exact) mass is 307 g/mol. The summed E-state index contributed by atoms with van der Waals surface area (Å²) >= 11 is 1.76. The van der Waals surface area contributed by atoms with Gasteiger partial charge in [-0.3, -0.25) is 0 Å². The molecule has 1 atom stereocenters. The normalized spacial score (nSPS) is 22.0. The zero-order valence-electron chi connectivity index (χ0n) is 13.8. The fraction of sp³-hybridized carbons (Fsp3) is 0.667. The lowest BCUT2D eigenvalue weighted by atomic mass is 9.71. The Morgan fingerprint density at radius 2 is 1.71 bits per heavy atom. The van der Waals surface area contributed by atoms with Gasteiger partial charge in [-0.1, -0.05) is 26.0 Å². The predicted octanol–water partition coefficient (Wildman–Crippen LogP) is 4.39. The van der Waals surface area contributed by atoms with Gasteiger partial charge in [0.1, 0.15) is 0 Å². The minimum atomic E-state index is -0.525. The van der Waals surface area contributed by atoms with Crippen LogP contribution in [0.15, 0.2) is 29.2 Å². The van der Waals surface area contributed by atoms with Crippen molar-refractivity contribution in [2.45, 2.75) is 63.0 Å². The maximum Gasteiger partial charge on any atom is 0.0772 e. The number of hydrogen-bond acceptors (Lipinski definition) is 3. The summed E-state index contributed by atoms with van der Waals surface area (Å²) in [5.41, 5.74) is 1.15. The van der Waals surface area contributed by atoms with Crippen molar-refractivity contribution in [1.82, 2.24) is 5.32 Å². The van der Waals surface area contributed by atoms with E-state index in [0.717, 1.165) is 25.7 Å². The van der Waals surface area contributed by atoms with Crippen LogP contribution in [-0.2, 0) is 0 Å². The predicted molar refractivity (Wildman–Crippen MR) is 91.8 cm³/mol. The number of hydrogen-bond donors (Lipinski definition) is 2. The second-order valence-corrected chi connectivity index (χ2v) is 8.14. The van der Waals surface area contributed by atoms with Crippen molar-refractivity contribution in [3.63, 3.8) is 0 Å². The van der Waals surface area contributed by atoms with E-state index >= 15 is 0 Å². The van der Waals surface area contributed by atoms with Gasteiger partial charge < -0.3 is 10.4 Å². The zero-order chi connectivity index (χ0) is 15.5. The van der Waals surface area contributed by atoms with E-state index in [4.69, 9.17) is 0 Å². The van der Waals surface area contributed by atoms with Crippen LogP contribution in [0.5, 0.6) is 0 Å². The molecule has 21 heavy (non-hydrogen) atoms. The van der Waals surface area contributed by atoms with Gasteiger partial charge in [-0.2, -0.15) is 0 Å². The Balaban J connectivity index is 1.87. The van der Waals surface area contributed by atoms with Crippen LogP contribution in [0.25, 0.3) is 0 Å². The zero-order valence-corrected chi connectivity index (χ0v) is 14.6.